The molecule has 1 aliphatic rings. The third-order valence-electron chi connectivity index (χ3n) is 4.89. The van der Waals surface area contributed by atoms with Crippen molar-refractivity contribution in [2.75, 3.05) is 46.9 Å². The molecule has 0 spiro atoms. The third-order valence-corrected chi connectivity index (χ3v) is 4.89. The summed E-state index contributed by atoms with van der Waals surface area (Å²) in [5, 5.41) is 6.10. The van der Waals surface area contributed by atoms with E-state index in [4.69, 9.17) is 14.5 Å². The van der Waals surface area contributed by atoms with Crippen LogP contribution in [0.15, 0.2) is 29.3 Å². The Morgan fingerprint density at radius 1 is 1.21 bits per heavy atom. The highest BCUT2D eigenvalue weighted by molar-refractivity contribution is 14.0. The first-order chi connectivity index (χ1) is 13.7. The van der Waals surface area contributed by atoms with Gasteiger partial charge in [-0.25, -0.2) is 0 Å². The van der Waals surface area contributed by atoms with Crippen LogP contribution >= 0.6 is 24.0 Å². The van der Waals surface area contributed by atoms with Gasteiger partial charge < -0.3 is 25.0 Å². The fraction of sp³-hybridized carbons (Fsp3) is 0.619. The van der Waals surface area contributed by atoms with Crippen LogP contribution in [0.2, 0.25) is 0 Å². The number of ether oxygens (including phenoxy) is 2. The minimum Gasteiger partial charge on any atom is -0.497 e. The van der Waals surface area contributed by atoms with Gasteiger partial charge in [-0.05, 0) is 49.9 Å². The fourth-order valence-corrected chi connectivity index (χ4v) is 3.25. The standard InChI is InChI=1S/C21H34N4O3.HI/c1-4-23-21(25-13-10-17(11-14-25)16-20(26)22-2)24-12-5-15-28-19-8-6-18(27-3)7-9-19;/h6-9,17H,4-5,10-16H2,1-3H3,(H,22,26)(H,23,24);1H. The molecule has 1 aromatic carbocycles. The van der Waals surface area contributed by atoms with E-state index >= 15 is 0 Å². The lowest BCUT2D eigenvalue weighted by molar-refractivity contribution is -0.121. The number of halogens is 1. The number of nitrogens with zero attached hydrogens (tertiary/aromatic N) is 2. The minimum atomic E-state index is 0. The van der Waals surface area contributed by atoms with Crippen molar-refractivity contribution >= 4 is 35.8 Å². The van der Waals surface area contributed by atoms with Crippen LogP contribution in [0.3, 0.4) is 0 Å². The van der Waals surface area contributed by atoms with E-state index in [-0.39, 0.29) is 29.9 Å². The highest BCUT2D eigenvalue weighted by Gasteiger charge is 2.22. The van der Waals surface area contributed by atoms with Gasteiger partial charge >= 0.3 is 0 Å². The van der Waals surface area contributed by atoms with Gasteiger partial charge in [0.25, 0.3) is 0 Å². The average molecular weight is 518 g/mol. The number of methoxy groups -OCH3 is 1. The summed E-state index contributed by atoms with van der Waals surface area (Å²) < 4.78 is 10.9. The number of nitrogens with one attached hydrogen (secondary N) is 2. The first-order valence-electron chi connectivity index (χ1n) is 10.2. The van der Waals surface area contributed by atoms with Crippen LogP contribution in [0.1, 0.15) is 32.6 Å². The van der Waals surface area contributed by atoms with Crippen LogP contribution in [0.4, 0.5) is 0 Å². The van der Waals surface area contributed by atoms with Crippen molar-refractivity contribution in [2.24, 2.45) is 10.9 Å². The first kappa shape index (κ1) is 25.3. The third kappa shape index (κ3) is 9.10. The van der Waals surface area contributed by atoms with E-state index in [1.807, 2.05) is 24.3 Å². The number of guanidine groups is 1. The van der Waals surface area contributed by atoms with E-state index < -0.39 is 0 Å². The zero-order chi connectivity index (χ0) is 20.2. The number of hydrogen-bond acceptors (Lipinski definition) is 4. The number of carbonyl (C=O) groups excluding carboxylic acids is 1. The van der Waals surface area contributed by atoms with E-state index in [0.717, 1.165) is 62.9 Å². The summed E-state index contributed by atoms with van der Waals surface area (Å²) in [5.74, 6) is 3.24. The summed E-state index contributed by atoms with van der Waals surface area (Å²) in [6.07, 6.45) is 3.53. The quantitative estimate of drug-likeness (QED) is 0.228. The lowest BCUT2D eigenvalue weighted by Gasteiger charge is -2.34. The summed E-state index contributed by atoms with van der Waals surface area (Å²) in [6.45, 7) is 6.16. The van der Waals surface area contributed by atoms with Gasteiger partial charge in [-0.3, -0.25) is 9.79 Å². The molecule has 0 unspecified atom stereocenters. The molecule has 8 heteroatoms. The fourth-order valence-electron chi connectivity index (χ4n) is 3.25. The molecule has 0 atom stereocenters. The molecule has 1 amide bonds. The minimum absolute atomic E-state index is 0. The van der Waals surface area contributed by atoms with Crippen molar-refractivity contribution in [2.45, 2.75) is 32.6 Å². The predicted octanol–water partition coefficient (Wildman–Crippen LogP) is 2.90. The molecule has 2 rings (SSSR count). The van der Waals surface area contributed by atoms with Gasteiger partial charge in [0.15, 0.2) is 5.96 Å². The highest BCUT2D eigenvalue weighted by atomic mass is 127. The Hall–Kier alpha value is -1.71. The molecule has 0 bridgehead atoms. The summed E-state index contributed by atoms with van der Waals surface area (Å²) in [4.78, 5) is 18.6. The summed E-state index contributed by atoms with van der Waals surface area (Å²) >= 11 is 0. The Kier molecular flexibility index (Phi) is 12.5. The van der Waals surface area contributed by atoms with E-state index in [1.165, 1.54) is 0 Å². The van der Waals surface area contributed by atoms with Crippen LogP contribution in [-0.4, -0.2) is 63.7 Å². The maximum Gasteiger partial charge on any atom is 0.220 e. The van der Waals surface area contributed by atoms with Gasteiger partial charge in [-0.2, -0.15) is 0 Å². The summed E-state index contributed by atoms with van der Waals surface area (Å²) in [7, 11) is 3.35. The highest BCUT2D eigenvalue weighted by Crippen LogP contribution is 2.20. The van der Waals surface area contributed by atoms with Gasteiger partial charge in [0.1, 0.15) is 11.5 Å². The van der Waals surface area contributed by atoms with Crippen LogP contribution < -0.4 is 20.1 Å². The molecular weight excluding hydrogens is 483 g/mol. The number of piperidine rings is 1. The first-order valence-corrected chi connectivity index (χ1v) is 10.2. The Labute approximate surface area is 191 Å². The van der Waals surface area contributed by atoms with Gasteiger partial charge in [-0.1, -0.05) is 0 Å². The monoisotopic (exact) mass is 518 g/mol. The van der Waals surface area contributed by atoms with Crippen molar-refractivity contribution < 1.29 is 14.3 Å². The smallest absolute Gasteiger partial charge is 0.220 e. The molecule has 1 fully saturated rings. The van der Waals surface area contributed by atoms with Crippen molar-refractivity contribution in [1.82, 2.24) is 15.5 Å². The van der Waals surface area contributed by atoms with Crippen LogP contribution in [-0.2, 0) is 4.79 Å². The molecule has 1 heterocycles. The van der Waals surface area contributed by atoms with E-state index in [1.54, 1.807) is 14.2 Å². The van der Waals surface area contributed by atoms with Crippen molar-refractivity contribution in [3.8, 4) is 11.5 Å². The number of likely N-dealkylation sites (tertiary alicyclic amines) is 1. The second-order valence-corrected chi connectivity index (χ2v) is 6.92. The lowest BCUT2D eigenvalue weighted by Crippen LogP contribution is -2.46. The molecule has 1 saturated heterocycles. The largest absolute Gasteiger partial charge is 0.497 e. The number of aliphatic imine (C=N–C) groups is 1. The van der Waals surface area contributed by atoms with Crippen LogP contribution in [0.5, 0.6) is 11.5 Å². The molecule has 1 aliphatic heterocycles. The summed E-state index contributed by atoms with van der Waals surface area (Å²) in [6, 6.07) is 7.61. The molecule has 7 nitrogen and oxygen atoms in total. The zero-order valence-electron chi connectivity index (χ0n) is 17.8. The number of carbonyl (C=O) groups is 1. The molecule has 164 valence electrons. The molecule has 0 radical (unpaired) electrons. The maximum atomic E-state index is 11.6. The van der Waals surface area contributed by atoms with E-state index in [2.05, 4.69) is 22.5 Å². The molecule has 0 aromatic heterocycles. The average Bonchev–Trinajstić information content (AvgIpc) is 2.73. The van der Waals surface area contributed by atoms with Crippen molar-refractivity contribution in [1.29, 1.82) is 0 Å². The SMILES string of the molecule is CCNC(=NCCCOc1ccc(OC)cc1)N1CCC(CC(=O)NC)CC1.I. The Balaban J connectivity index is 0.00000420. The van der Waals surface area contributed by atoms with Crippen LogP contribution in [0.25, 0.3) is 0 Å². The zero-order valence-corrected chi connectivity index (χ0v) is 20.1. The molecular formula is C21H35IN4O3. The second kappa shape index (κ2) is 14.3. The molecule has 1 aromatic rings. The number of rotatable bonds is 9. The maximum absolute atomic E-state index is 11.6. The molecule has 0 aliphatic carbocycles. The lowest BCUT2D eigenvalue weighted by atomic mass is 9.93. The van der Waals surface area contributed by atoms with Gasteiger partial charge in [0, 0.05) is 46.1 Å². The Bertz CT molecular complexity index is 617. The predicted molar refractivity (Wildman–Crippen MR) is 127 cm³/mol. The number of hydrogen-bond donors (Lipinski definition) is 2. The normalized spacial score (nSPS) is 14.7. The van der Waals surface area contributed by atoms with Gasteiger partial charge in [0.2, 0.25) is 5.91 Å². The molecule has 2 N–H and O–H groups in total. The van der Waals surface area contributed by atoms with Crippen molar-refractivity contribution in [3.63, 3.8) is 0 Å². The molecule has 0 saturated carbocycles. The number of benzene rings is 1. The van der Waals surface area contributed by atoms with Crippen LogP contribution in [0, 0.1) is 5.92 Å². The topological polar surface area (TPSA) is 75.2 Å². The van der Waals surface area contributed by atoms with E-state index in [9.17, 15) is 4.79 Å². The Morgan fingerprint density at radius 3 is 2.45 bits per heavy atom. The van der Waals surface area contributed by atoms with E-state index in [0.29, 0.717) is 18.9 Å². The number of amides is 1. The van der Waals surface area contributed by atoms with Gasteiger partial charge in [-0.15, -0.1) is 24.0 Å². The second-order valence-electron chi connectivity index (χ2n) is 6.92. The molecule has 29 heavy (non-hydrogen) atoms. The summed E-state index contributed by atoms with van der Waals surface area (Å²) in [5.41, 5.74) is 0. The Morgan fingerprint density at radius 2 is 1.86 bits per heavy atom. The van der Waals surface area contributed by atoms with Crippen molar-refractivity contribution in [3.05, 3.63) is 24.3 Å². The van der Waals surface area contributed by atoms with Gasteiger partial charge in [0.05, 0.1) is 13.7 Å².